The van der Waals surface area contributed by atoms with E-state index in [1.807, 2.05) is 6.92 Å². The number of rotatable bonds is 4. The third kappa shape index (κ3) is 3.33. The molecule has 1 saturated heterocycles. The van der Waals surface area contributed by atoms with Gasteiger partial charge in [0.1, 0.15) is 5.69 Å². The van der Waals surface area contributed by atoms with Crippen molar-refractivity contribution in [1.82, 2.24) is 9.88 Å². The highest BCUT2D eigenvalue weighted by Crippen LogP contribution is 2.15. The standard InChI is InChI=1S/C14H18N2O4/c1-2-20-11-5-7-16(8-6-11)13(17)12-4-3-10(9-15-12)14(18)19/h3-4,9,11H,2,5-8H2,1H3,(H,18,19). The predicted molar refractivity (Wildman–Crippen MR) is 71.7 cm³/mol. The second-order valence-corrected chi connectivity index (χ2v) is 4.68. The fourth-order valence-electron chi connectivity index (χ4n) is 2.27. The van der Waals surface area contributed by atoms with Crippen LogP contribution >= 0.6 is 0 Å². The summed E-state index contributed by atoms with van der Waals surface area (Å²) in [5.41, 5.74) is 0.362. The van der Waals surface area contributed by atoms with Gasteiger partial charge in [-0.05, 0) is 31.9 Å². The van der Waals surface area contributed by atoms with Gasteiger partial charge in [-0.25, -0.2) is 4.79 Å². The zero-order valence-electron chi connectivity index (χ0n) is 11.4. The first kappa shape index (κ1) is 14.5. The summed E-state index contributed by atoms with van der Waals surface area (Å²) < 4.78 is 5.54. The molecule has 1 aromatic heterocycles. The molecule has 108 valence electrons. The highest BCUT2D eigenvalue weighted by molar-refractivity contribution is 5.93. The van der Waals surface area contributed by atoms with Crippen molar-refractivity contribution < 1.29 is 19.4 Å². The van der Waals surface area contributed by atoms with E-state index < -0.39 is 5.97 Å². The van der Waals surface area contributed by atoms with Crippen LogP contribution in [0, 0.1) is 0 Å². The lowest BCUT2D eigenvalue weighted by Gasteiger charge is -2.31. The van der Waals surface area contributed by atoms with Crippen molar-refractivity contribution >= 4 is 11.9 Å². The van der Waals surface area contributed by atoms with Gasteiger partial charge in [0.2, 0.25) is 0 Å². The van der Waals surface area contributed by atoms with E-state index in [2.05, 4.69) is 4.98 Å². The van der Waals surface area contributed by atoms with Gasteiger partial charge >= 0.3 is 5.97 Å². The molecule has 0 spiro atoms. The number of hydrogen-bond donors (Lipinski definition) is 1. The Morgan fingerprint density at radius 1 is 1.40 bits per heavy atom. The van der Waals surface area contributed by atoms with E-state index in [0.29, 0.717) is 19.7 Å². The summed E-state index contributed by atoms with van der Waals surface area (Å²) in [6.45, 7) is 3.94. The van der Waals surface area contributed by atoms with E-state index >= 15 is 0 Å². The van der Waals surface area contributed by atoms with Gasteiger partial charge in [-0.2, -0.15) is 0 Å². The van der Waals surface area contributed by atoms with Crippen LogP contribution in [-0.4, -0.2) is 52.7 Å². The number of nitrogens with zero attached hydrogens (tertiary/aromatic N) is 2. The Morgan fingerprint density at radius 3 is 2.60 bits per heavy atom. The maximum Gasteiger partial charge on any atom is 0.337 e. The molecule has 1 aromatic rings. The molecule has 0 radical (unpaired) electrons. The van der Waals surface area contributed by atoms with Crippen LogP contribution < -0.4 is 0 Å². The summed E-state index contributed by atoms with van der Waals surface area (Å²) in [5, 5.41) is 8.79. The molecule has 1 aliphatic heterocycles. The lowest BCUT2D eigenvalue weighted by atomic mass is 10.1. The molecular weight excluding hydrogens is 260 g/mol. The van der Waals surface area contributed by atoms with Crippen LogP contribution in [0.2, 0.25) is 0 Å². The number of ether oxygens (including phenoxy) is 1. The number of carbonyl (C=O) groups is 2. The molecule has 1 N–H and O–H groups in total. The maximum atomic E-state index is 12.2. The van der Waals surface area contributed by atoms with E-state index in [9.17, 15) is 9.59 Å². The zero-order valence-corrected chi connectivity index (χ0v) is 11.4. The SMILES string of the molecule is CCOC1CCN(C(=O)c2ccc(C(=O)O)cn2)CC1. The molecule has 6 heteroatoms. The number of carboxylic acids is 1. The number of pyridine rings is 1. The lowest BCUT2D eigenvalue weighted by Crippen LogP contribution is -2.41. The summed E-state index contributed by atoms with van der Waals surface area (Å²) >= 11 is 0. The van der Waals surface area contributed by atoms with E-state index in [-0.39, 0.29) is 23.3 Å². The highest BCUT2D eigenvalue weighted by atomic mass is 16.5. The molecule has 2 rings (SSSR count). The van der Waals surface area contributed by atoms with Crippen molar-refractivity contribution in [2.45, 2.75) is 25.9 Å². The smallest absolute Gasteiger partial charge is 0.337 e. The van der Waals surface area contributed by atoms with E-state index in [1.54, 1.807) is 4.90 Å². The van der Waals surface area contributed by atoms with Crippen molar-refractivity contribution in [1.29, 1.82) is 0 Å². The number of amides is 1. The summed E-state index contributed by atoms with van der Waals surface area (Å²) in [6, 6.07) is 2.86. The van der Waals surface area contributed by atoms with Gasteiger partial charge in [-0.15, -0.1) is 0 Å². The van der Waals surface area contributed by atoms with Crippen molar-refractivity contribution in [3.8, 4) is 0 Å². The van der Waals surface area contributed by atoms with Gasteiger partial charge in [-0.3, -0.25) is 9.78 Å². The minimum atomic E-state index is -1.05. The lowest BCUT2D eigenvalue weighted by molar-refractivity contribution is 0.0144. The Morgan fingerprint density at radius 2 is 2.10 bits per heavy atom. The van der Waals surface area contributed by atoms with Gasteiger partial charge in [-0.1, -0.05) is 0 Å². The van der Waals surface area contributed by atoms with Gasteiger partial charge in [0.25, 0.3) is 5.91 Å². The molecule has 0 aromatic carbocycles. The van der Waals surface area contributed by atoms with Crippen molar-refractivity contribution in [3.05, 3.63) is 29.6 Å². The first-order valence-electron chi connectivity index (χ1n) is 6.72. The number of carboxylic acid groups (broad SMARTS) is 1. The normalized spacial score (nSPS) is 16.1. The quantitative estimate of drug-likeness (QED) is 0.901. The van der Waals surface area contributed by atoms with Gasteiger partial charge in [0, 0.05) is 25.9 Å². The zero-order chi connectivity index (χ0) is 14.5. The van der Waals surface area contributed by atoms with E-state index in [1.165, 1.54) is 18.3 Å². The topological polar surface area (TPSA) is 79.7 Å². The Hall–Kier alpha value is -1.95. The second kappa shape index (κ2) is 6.47. The highest BCUT2D eigenvalue weighted by Gasteiger charge is 2.24. The second-order valence-electron chi connectivity index (χ2n) is 4.68. The molecule has 20 heavy (non-hydrogen) atoms. The minimum Gasteiger partial charge on any atom is -0.478 e. The largest absolute Gasteiger partial charge is 0.478 e. The van der Waals surface area contributed by atoms with Gasteiger partial charge in [0.05, 0.1) is 11.7 Å². The monoisotopic (exact) mass is 278 g/mol. The molecule has 0 atom stereocenters. The van der Waals surface area contributed by atoms with Crippen LogP contribution in [0.4, 0.5) is 0 Å². The molecular formula is C14H18N2O4. The van der Waals surface area contributed by atoms with E-state index in [0.717, 1.165) is 12.8 Å². The molecule has 0 unspecified atom stereocenters. The summed E-state index contributed by atoms with van der Waals surface area (Å²) in [7, 11) is 0. The molecule has 2 heterocycles. The van der Waals surface area contributed by atoms with Crippen LogP contribution in [-0.2, 0) is 4.74 Å². The van der Waals surface area contributed by atoms with E-state index in [4.69, 9.17) is 9.84 Å². The Kier molecular flexibility index (Phi) is 4.68. The Balaban J connectivity index is 1.96. The molecule has 0 saturated carbocycles. The molecule has 1 aliphatic rings. The van der Waals surface area contributed by atoms with Crippen molar-refractivity contribution in [3.63, 3.8) is 0 Å². The molecule has 1 amide bonds. The number of aromatic carboxylic acids is 1. The van der Waals surface area contributed by atoms with Crippen molar-refractivity contribution in [2.24, 2.45) is 0 Å². The number of carbonyl (C=O) groups excluding carboxylic acids is 1. The first-order valence-corrected chi connectivity index (χ1v) is 6.72. The van der Waals surface area contributed by atoms with Crippen LogP contribution in [0.5, 0.6) is 0 Å². The molecule has 6 nitrogen and oxygen atoms in total. The third-order valence-electron chi connectivity index (χ3n) is 3.36. The Bertz CT molecular complexity index is 478. The molecule has 1 fully saturated rings. The van der Waals surface area contributed by atoms with Gasteiger partial charge in [0.15, 0.2) is 0 Å². The molecule has 0 bridgehead atoms. The number of piperidine rings is 1. The van der Waals surface area contributed by atoms with Crippen LogP contribution in [0.3, 0.4) is 0 Å². The molecule has 0 aliphatic carbocycles. The number of aromatic nitrogens is 1. The average molecular weight is 278 g/mol. The fraction of sp³-hybridized carbons (Fsp3) is 0.500. The predicted octanol–water partition coefficient (Wildman–Crippen LogP) is 1.42. The van der Waals surface area contributed by atoms with Crippen molar-refractivity contribution in [2.75, 3.05) is 19.7 Å². The third-order valence-corrected chi connectivity index (χ3v) is 3.36. The minimum absolute atomic E-state index is 0.0802. The summed E-state index contributed by atoms with van der Waals surface area (Å²) in [5.74, 6) is -1.20. The van der Waals surface area contributed by atoms with Crippen LogP contribution in [0.25, 0.3) is 0 Å². The number of likely N-dealkylation sites (tertiary alicyclic amines) is 1. The van der Waals surface area contributed by atoms with Crippen LogP contribution in [0.1, 0.15) is 40.6 Å². The average Bonchev–Trinajstić information content (AvgIpc) is 2.48. The number of hydrogen-bond acceptors (Lipinski definition) is 4. The van der Waals surface area contributed by atoms with Gasteiger partial charge < -0.3 is 14.7 Å². The summed E-state index contributed by atoms with van der Waals surface area (Å²) in [6.07, 6.45) is 3.09. The Labute approximate surface area is 117 Å². The first-order chi connectivity index (χ1) is 9.61. The summed E-state index contributed by atoms with van der Waals surface area (Å²) in [4.78, 5) is 28.6. The van der Waals surface area contributed by atoms with Crippen LogP contribution in [0.15, 0.2) is 18.3 Å². The maximum absolute atomic E-state index is 12.2. The fourth-order valence-corrected chi connectivity index (χ4v) is 2.27.